The smallest absolute Gasteiger partial charge is 0.338 e. The summed E-state index contributed by atoms with van der Waals surface area (Å²) in [6.45, 7) is 4.35. The summed E-state index contributed by atoms with van der Waals surface area (Å²) in [7, 11) is 0. The van der Waals surface area contributed by atoms with E-state index in [9.17, 15) is 9.18 Å². The summed E-state index contributed by atoms with van der Waals surface area (Å²) in [4.78, 5) is 14.7. The summed E-state index contributed by atoms with van der Waals surface area (Å²) >= 11 is 0. The van der Waals surface area contributed by atoms with Crippen molar-refractivity contribution in [2.24, 2.45) is 5.41 Å². The molecule has 0 aromatic carbocycles. The lowest BCUT2D eigenvalue weighted by Gasteiger charge is -2.18. The van der Waals surface area contributed by atoms with Crippen molar-refractivity contribution in [3.8, 4) is 0 Å². The molecule has 1 fully saturated rings. The van der Waals surface area contributed by atoms with Gasteiger partial charge in [-0.2, -0.15) is 0 Å². The molecule has 0 bridgehead atoms. The number of pyridine rings is 1. The fraction of sp³-hybridized carbons (Fsp3) is 0.538. The monoisotopic (exact) mass is 252 g/mol. The van der Waals surface area contributed by atoms with Gasteiger partial charge in [-0.05, 0) is 30.7 Å². The van der Waals surface area contributed by atoms with E-state index in [-0.39, 0.29) is 22.8 Å². The number of carbonyl (C=O) groups is 1. The molecule has 0 aliphatic heterocycles. The van der Waals surface area contributed by atoms with Crippen LogP contribution in [0.25, 0.3) is 0 Å². The van der Waals surface area contributed by atoms with Gasteiger partial charge < -0.3 is 10.4 Å². The Hall–Kier alpha value is -1.65. The van der Waals surface area contributed by atoms with E-state index in [0.29, 0.717) is 0 Å². The number of hydrogen-bond donors (Lipinski definition) is 2. The van der Waals surface area contributed by atoms with Gasteiger partial charge in [0.2, 0.25) is 0 Å². The highest BCUT2D eigenvalue weighted by Crippen LogP contribution is 2.38. The summed E-state index contributed by atoms with van der Waals surface area (Å²) in [6, 6.07) is 1.33. The largest absolute Gasteiger partial charge is 0.478 e. The maximum atomic E-state index is 13.9. The molecule has 5 heteroatoms. The van der Waals surface area contributed by atoms with E-state index in [1.807, 2.05) is 0 Å². The molecule has 1 aliphatic rings. The Balaban J connectivity index is 2.15. The van der Waals surface area contributed by atoms with E-state index in [2.05, 4.69) is 24.1 Å². The van der Waals surface area contributed by atoms with Crippen molar-refractivity contribution in [2.45, 2.75) is 39.2 Å². The van der Waals surface area contributed by atoms with Gasteiger partial charge in [-0.15, -0.1) is 0 Å². The lowest BCUT2D eigenvalue weighted by atomic mass is 9.92. The van der Waals surface area contributed by atoms with E-state index in [1.165, 1.54) is 12.3 Å². The predicted molar refractivity (Wildman–Crippen MR) is 66.2 cm³/mol. The molecule has 4 nitrogen and oxygen atoms in total. The number of aromatic carboxylic acids is 1. The first kappa shape index (κ1) is 12.8. The molecule has 2 rings (SSSR count). The van der Waals surface area contributed by atoms with Gasteiger partial charge in [0, 0.05) is 12.2 Å². The lowest BCUT2D eigenvalue weighted by Crippen LogP contribution is -2.20. The zero-order chi connectivity index (χ0) is 13.3. The number of nitrogens with zero attached hydrogens (tertiary/aromatic N) is 1. The fourth-order valence-corrected chi connectivity index (χ4v) is 2.46. The van der Waals surface area contributed by atoms with Crippen LogP contribution in [0.2, 0.25) is 0 Å². The van der Waals surface area contributed by atoms with Gasteiger partial charge in [0.15, 0.2) is 11.6 Å². The minimum absolute atomic E-state index is 0.0394. The van der Waals surface area contributed by atoms with E-state index < -0.39 is 11.8 Å². The SMILES string of the molecule is CC1(C)CCC(Nc2nccc(C(=O)O)c2F)C1. The van der Waals surface area contributed by atoms with Gasteiger partial charge in [-0.1, -0.05) is 13.8 Å². The van der Waals surface area contributed by atoms with Crippen molar-refractivity contribution >= 4 is 11.8 Å². The van der Waals surface area contributed by atoms with Crippen molar-refractivity contribution in [1.29, 1.82) is 0 Å². The highest BCUT2D eigenvalue weighted by Gasteiger charge is 2.31. The Labute approximate surface area is 105 Å². The molecule has 0 saturated heterocycles. The van der Waals surface area contributed by atoms with Crippen LogP contribution < -0.4 is 5.32 Å². The summed E-state index contributed by atoms with van der Waals surface area (Å²) in [5.74, 6) is -2.02. The minimum Gasteiger partial charge on any atom is -0.478 e. The quantitative estimate of drug-likeness (QED) is 0.868. The molecular formula is C13H17FN2O2. The zero-order valence-corrected chi connectivity index (χ0v) is 10.5. The summed E-state index contributed by atoms with van der Waals surface area (Å²) in [5, 5.41) is 11.8. The molecule has 1 saturated carbocycles. The summed E-state index contributed by atoms with van der Waals surface area (Å²) < 4.78 is 13.9. The molecule has 1 atom stereocenters. The Kier molecular flexibility index (Phi) is 3.24. The lowest BCUT2D eigenvalue weighted by molar-refractivity contribution is 0.0692. The third-order valence-corrected chi connectivity index (χ3v) is 3.43. The first-order valence-electron chi connectivity index (χ1n) is 6.03. The Morgan fingerprint density at radius 3 is 2.89 bits per heavy atom. The molecule has 2 N–H and O–H groups in total. The average Bonchev–Trinajstić information content (AvgIpc) is 2.61. The van der Waals surface area contributed by atoms with Crippen LogP contribution in [-0.4, -0.2) is 22.1 Å². The number of rotatable bonds is 3. The van der Waals surface area contributed by atoms with Crippen molar-refractivity contribution < 1.29 is 14.3 Å². The second-order valence-electron chi connectivity index (χ2n) is 5.57. The normalized spacial score (nSPS) is 21.8. The van der Waals surface area contributed by atoms with Crippen molar-refractivity contribution in [3.63, 3.8) is 0 Å². The Morgan fingerprint density at radius 2 is 2.33 bits per heavy atom. The standard InChI is InChI=1S/C13H17FN2O2/c1-13(2)5-3-8(7-13)16-11-10(14)9(12(17)18)4-6-15-11/h4,6,8H,3,5,7H2,1-2H3,(H,15,16)(H,17,18). The summed E-state index contributed by atoms with van der Waals surface area (Å²) in [6.07, 6.45) is 4.27. The van der Waals surface area contributed by atoms with E-state index >= 15 is 0 Å². The van der Waals surface area contributed by atoms with Gasteiger partial charge in [-0.25, -0.2) is 14.2 Å². The number of carboxylic acids is 1. The van der Waals surface area contributed by atoms with Crippen molar-refractivity contribution in [1.82, 2.24) is 4.98 Å². The fourth-order valence-electron chi connectivity index (χ4n) is 2.46. The van der Waals surface area contributed by atoms with Crippen LogP contribution in [0.15, 0.2) is 12.3 Å². The minimum atomic E-state index is -1.27. The molecule has 1 aromatic rings. The van der Waals surface area contributed by atoms with E-state index in [0.717, 1.165) is 19.3 Å². The topological polar surface area (TPSA) is 62.2 Å². The Bertz CT molecular complexity index is 474. The zero-order valence-electron chi connectivity index (χ0n) is 10.5. The van der Waals surface area contributed by atoms with Crippen molar-refractivity contribution in [3.05, 3.63) is 23.6 Å². The number of nitrogens with one attached hydrogen (secondary N) is 1. The maximum absolute atomic E-state index is 13.9. The predicted octanol–water partition coefficient (Wildman–Crippen LogP) is 2.91. The first-order chi connectivity index (χ1) is 8.39. The van der Waals surface area contributed by atoms with Gasteiger partial charge in [0.1, 0.15) is 5.56 Å². The molecule has 1 heterocycles. The highest BCUT2D eigenvalue weighted by atomic mass is 19.1. The first-order valence-corrected chi connectivity index (χ1v) is 6.03. The number of hydrogen-bond acceptors (Lipinski definition) is 3. The molecule has 0 radical (unpaired) electrons. The number of carboxylic acid groups (broad SMARTS) is 1. The third-order valence-electron chi connectivity index (χ3n) is 3.43. The van der Waals surface area contributed by atoms with E-state index in [1.54, 1.807) is 0 Å². The number of aromatic nitrogens is 1. The van der Waals surface area contributed by atoms with Crippen LogP contribution in [0.4, 0.5) is 10.2 Å². The maximum Gasteiger partial charge on any atom is 0.338 e. The average molecular weight is 252 g/mol. The molecular weight excluding hydrogens is 235 g/mol. The van der Waals surface area contributed by atoms with Crippen molar-refractivity contribution in [2.75, 3.05) is 5.32 Å². The molecule has 18 heavy (non-hydrogen) atoms. The summed E-state index contributed by atoms with van der Waals surface area (Å²) in [5.41, 5.74) is -0.0943. The van der Waals surface area contributed by atoms with Crippen LogP contribution in [0.5, 0.6) is 0 Å². The van der Waals surface area contributed by atoms with Gasteiger partial charge in [0.05, 0.1) is 0 Å². The van der Waals surface area contributed by atoms with Crippen LogP contribution in [0, 0.1) is 11.2 Å². The van der Waals surface area contributed by atoms with Gasteiger partial charge in [0.25, 0.3) is 0 Å². The molecule has 0 amide bonds. The Morgan fingerprint density at radius 1 is 1.61 bits per heavy atom. The van der Waals surface area contributed by atoms with Crippen LogP contribution in [-0.2, 0) is 0 Å². The molecule has 1 aromatic heterocycles. The molecule has 1 unspecified atom stereocenters. The number of anilines is 1. The van der Waals surface area contributed by atoms with Crippen LogP contribution in [0.1, 0.15) is 43.5 Å². The van der Waals surface area contributed by atoms with Crippen LogP contribution in [0.3, 0.4) is 0 Å². The molecule has 0 spiro atoms. The van der Waals surface area contributed by atoms with Crippen LogP contribution >= 0.6 is 0 Å². The second-order valence-corrected chi connectivity index (χ2v) is 5.57. The van der Waals surface area contributed by atoms with E-state index in [4.69, 9.17) is 5.11 Å². The third kappa shape index (κ3) is 2.60. The van der Waals surface area contributed by atoms with Gasteiger partial charge >= 0.3 is 5.97 Å². The van der Waals surface area contributed by atoms with Gasteiger partial charge in [-0.3, -0.25) is 0 Å². The second kappa shape index (κ2) is 4.55. The molecule has 98 valence electrons. The highest BCUT2D eigenvalue weighted by molar-refractivity contribution is 5.88. The number of halogens is 1. The molecule has 1 aliphatic carbocycles.